The molecular formula is C33H43N7O4S. The fourth-order valence-electron chi connectivity index (χ4n) is 5.82. The van der Waals surface area contributed by atoms with Crippen molar-refractivity contribution in [3.63, 3.8) is 0 Å². The molecule has 0 bridgehead atoms. The number of likely N-dealkylation sites (N-methyl/N-ethyl adjacent to an activating group) is 1. The van der Waals surface area contributed by atoms with Gasteiger partial charge < -0.3 is 39.7 Å². The molecule has 6 rings (SSSR count). The highest BCUT2D eigenvalue weighted by atomic mass is 32.2. The number of nitrogens with zero attached hydrogens (tertiary/aromatic N) is 5. The molecule has 45 heavy (non-hydrogen) atoms. The summed E-state index contributed by atoms with van der Waals surface area (Å²) in [6.07, 6.45) is 4.64. The van der Waals surface area contributed by atoms with Crippen LogP contribution in [0.25, 0.3) is 0 Å². The molecule has 0 radical (unpaired) electrons. The van der Waals surface area contributed by atoms with E-state index in [1.54, 1.807) is 36.2 Å². The van der Waals surface area contributed by atoms with Crippen LogP contribution in [-0.4, -0.2) is 116 Å². The van der Waals surface area contributed by atoms with Crippen LogP contribution in [0.2, 0.25) is 0 Å². The van der Waals surface area contributed by atoms with E-state index < -0.39 is 0 Å². The van der Waals surface area contributed by atoms with Gasteiger partial charge in [0.05, 0.1) is 42.3 Å². The zero-order valence-corrected chi connectivity index (χ0v) is 27.1. The lowest BCUT2D eigenvalue weighted by Crippen LogP contribution is -2.52. The molecule has 240 valence electrons. The van der Waals surface area contributed by atoms with Crippen LogP contribution in [0.1, 0.15) is 24.2 Å². The first kappa shape index (κ1) is 31.3. The molecule has 4 heterocycles. The normalized spacial score (nSPS) is 22.9. The molecule has 3 fully saturated rings. The molecule has 2 aromatic rings. The average Bonchev–Trinajstić information content (AvgIpc) is 3.06. The van der Waals surface area contributed by atoms with E-state index in [9.17, 15) is 9.59 Å². The number of morpholine rings is 2. The summed E-state index contributed by atoms with van der Waals surface area (Å²) in [5, 5.41) is 6.98. The van der Waals surface area contributed by atoms with Crippen molar-refractivity contribution in [3.8, 4) is 0 Å². The summed E-state index contributed by atoms with van der Waals surface area (Å²) in [5.74, 6) is 0.0203. The van der Waals surface area contributed by atoms with Gasteiger partial charge in [0.15, 0.2) is 0 Å². The molecule has 2 atom stereocenters. The number of nitrogens with one attached hydrogen (secondary N) is 2. The maximum atomic E-state index is 13.0. The first-order chi connectivity index (χ1) is 21.8. The van der Waals surface area contributed by atoms with E-state index >= 15 is 0 Å². The minimum absolute atomic E-state index is 0.0203. The van der Waals surface area contributed by atoms with Gasteiger partial charge in [-0.25, -0.2) is 4.79 Å². The van der Waals surface area contributed by atoms with Crippen LogP contribution in [-0.2, 0) is 9.47 Å². The van der Waals surface area contributed by atoms with Crippen molar-refractivity contribution in [3.05, 3.63) is 77.1 Å². The van der Waals surface area contributed by atoms with E-state index in [2.05, 4.69) is 62.8 Å². The molecule has 11 nitrogen and oxygen atoms in total. The molecular weight excluding hydrogens is 590 g/mol. The highest BCUT2D eigenvalue weighted by molar-refractivity contribution is 8.04. The van der Waals surface area contributed by atoms with Gasteiger partial charge in [-0.2, -0.15) is 0 Å². The molecule has 4 aliphatic heterocycles. The molecule has 3 saturated heterocycles. The van der Waals surface area contributed by atoms with Crippen molar-refractivity contribution in [2.45, 2.75) is 26.0 Å². The molecule has 0 saturated carbocycles. The Hall–Kier alpha value is -3.71. The van der Waals surface area contributed by atoms with Crippen LogP contribution in [0.4, 0.5) is 21.9 Å². The van der Waals surface area contributed by atoms with Crippen molar-refractivity contribution in [2.75, 3.05) is 87.6 Å². The standard InChI is InChI=1S/C33H43N7O4S/c1-24-21-39(13-12-36(24)3)32(41)26-4-6-27(7-5-26)34-33(42)35-28-8-10-29(11-9-28)40-23-30(38-16-19-44-25(2)22-38)20-31(45-40)37-14-17-43-18-15-37/h4-11,20,23-25H,12-19,21-22H2,1-3H3,(H2,34,35,42). The summed E-state index contributed by atoms with van der Waals surface area (Å²) in [6.45, 7) is 12.1. The maximum Gasteiger partial charge on any atom is 0.323 e. The number of allylic oxidation sites excluding steroid dienone is 1. The number of carbonyl (C=O) groups excluding carboxylic acids is 2. The predicted molar refractivity (Wildman–Crippen MR) is 179 cm³/mol. The Balaban J connectivity index is 1.07. The zero-order valence-electron chi connectivity index (χ0n) is 26.3. The van der Waals surface area contributed by atoms with E-state index in [1.165, 1.54) is 5.03 Å². The van der Waals surface area contributed by atoms with Crippen LogP contribution in [0.3, 0.4) is 0 Å². The lowest BCUT2D eigenvalue weighted by atomic mass is 10.1. The fourth-order valence-corrected chi connectivity index (χ4v) is 6.88. The van der Waals surface area contributed by atoms with Gasteiger partial charge in [-0.3, -0.25) is 9.10 Å². The highest BCUT2D eigenvalue weighted by Gasteiger charge is 2.27. The minimum Gasteiger partial charge on any atom is -0.378 e. The monoisotopic (exact) mass is 633 g/mol. The van der Waals surface area contributed by atoms with E-state index in [-0.39, 0.29) is 18.0 Å². The van der Waals surface area contributed by atoms with Gasteiger partial charge in [-0.15, -0.1) is 0 Å². The number of amides is 3. The smallest absolute Gasteiger partial charge is 0.323 e. The van der Waals surface area contributed by atoms with E-state index in [4.69, 9.17) is 9.47 Å². The summed E-state index contributed by atoms with van der Waals surface area (Å²) < 4.78 is 13.6. The Morgan fingerprint density at radius 3 is 2.16 bits per heavy atom. The third-order valence-corrected chi connectivity index (χ3v) is 9.73. The quantitative estimate of drug-likeness (QED) is 0.452. The van der Waals surface area contributed by atoms with Crippen molar-refractivity contribution in [1.82, 2.24) is 19.6 Å². The van der Waals surface area contributed by atoms with E-state index in [0.29, 0.717) is 42.7 Å². The third-order valence-electron chi connectivity index (χ3n) is 8.66. The summed E-state index contributed by atoms with van der Waals surface area (Å²) in [7, 11) is 2.08. The summed E-state index contributed by atoms with van der Waals surface area (Å²) in [5.41, 5.74) is 4.10. The van der Waals surface area contributed by atoms with Crippen molar-refractivity contribution in [1.29, 1.82) is 0 Å². The number of piperazine rings is 1. The lowest BCUT2D eigenvalue weighted by Gasteiger charge is -2.39. The van der Waals surface area contributed by atoms with Gasteiger partial charge in [-0.1, -0.05) is 0 Å². The molecule has 0 aromatic heterocycles. The van der Waals surface area contributed by atoms with Gasteiger partial charge in [0, 0.05) is 86.9 Å². The zero-order chi connectivity index (χ0) is 31.3. The molecule has 0 spiro atoms. The Morgan fingerprint density at radius 1 is 0.822 bits per heavy atom. The van der Waals surface area contributed by atoms with Gasteiger partial charge in [-0.05, 0) is 75.5 Å². The number of ether oxygens (including phenoxy) is 2. The van der Waals surface area contributed by atoms with Gasteiger partial charge in [0.25, 0.3) is 5.91 Å². The number of rotatable bonds is 6. The second-order valence-electron chi connectivity index (χ2n) is 12.0. The SMILES string of the molecule is CC1CN(C2=CN(c3ccc(NC(=O)Nc4ccc(C(=O)N5CCN(C)C(C)C5)cc4)cc3)SC(N3CCOCC3)=C2)CCO1. The second-order valence-corrected chi connectivity index (χ2v) is 13.0. The lowest BCUT2D eigenvalue weighted by molar-refractivity contribution is -0.00468. The maximum absolute atomic E-state index is 13.0. The van der Waals surface area contributed by atoms with Crippen LogP contribution in [0.5, 0.6) is 0 Å². The average molecular weight is 634 g/mol. The minimum atomic E-state index is -0.344. The van der Waals surface area contributed by atoms with Gasteiger partial charge in [0.2, 0.25) is 0 Å². The molecule has 2 unspecified atom stereocenters. The summed E-state index contributed by atoms with van der Waals surface area (Å²) >= 11 is 1.70. The second kappa shape index (κ2) is 14.2. The predicted octanol–water partition coefficient (Wildman–Crippen LogP) is 4.31. The number of carbonyl (C=O) groups is 2. The molecule has 2 N–H and O–H groups in total. The van der Waals surface area contributed by atoms with E-state index in [0.717, 1.165) is 57.3 Å². The van der Waals surface area contributed by atoms with Crippen molar-refractivity contribution < 1.29 is 19.1 Å². The molecule has 3 amide bonds. The third kappa shape index (κ3) is 7.75. The van der Waals surface area contributed by atoms with Gasteiger partial charge >= 0.3 is 6.03 Å². The molecule has 0 aliphatic carbocycles. The summed E-state index contributed by atoms with van der Waals surface area (Å²) in [4.78, 5) is 34.7. The topological polar surface area (TPSA) is 92.9 Å². The first-order valence-corrected chi connectivity index (χ1v) is 16.5. The molecule has 12 heteroatoms. The summed E-state index contributed by atoms with van der Waals surface area (Å²) in [6, 6.07) is 14.9. The van der Waals surface area contributed by atoms with Crippen LogP contribution >= 0.6 is 11.9 Å². The molecule has 4 aliphatic rings. The Labute approximate surface area is 269 Å². The number of hydrogen-bond acceptors (Lipinski definition) is 9. The van der Waals surface area contributed by atoms with Crippen molar-refractivity contribution in [2.24, 2.45) is 0 Å². The van der Waals surface area contributed by atoms with Gasteiger partial charge in [0.1, 0.15) is 0 Å². The Morgan fingerprint density at radius 2 is 1.49 bits per heavy atom. The largest absolute Gasteiger partial charge is 0.378 e. The Kier molecular flexibility index (Phi) is 9.84. The number of anilines is 3. The first-order valence-electron chi connectivity index (χ1n) is 15.7. The van der Waals surface area contributed by atoms with Crippen molar-refractivity contribution >= 4 is 40.9 Å². The van der Waals surface area contributed by atoms with Crippen LogP contribution in [0, 0.1) is 0 Å². The highest BCUT2D eigenvalue weighted by Crippen LogP contribution is 2.37. The van der Waals surface area contributed by atoms with Crippen LogP contribution < -0.4 is 14.9 Å². The number of urea groups is 1. The van der Waals surface area contributed by atoms with Crippen LogP contribution in [0.15, 0.2) is 71.5 Å². The number of hydrogen-bond donors (Lipinski definition) is 2. The fraction of sp³-hybridized carbons (Fsp3) is 0.455. The van der Waals surface area contributed by atoms with E-state index in [1.807, 2.05) is 29.2 Å². The Bertz CT molecular complexity index is 1410. The number of benzene rings is 2. The molecule has 2 aromatic carbocycles.